The predicted octanol–water partition coefficient (Wildman–Crippen LogP) is -11.7. The molecule has 0 aromatic carbocycles. The Morgan fingerprint density at radius 3 is 0.941 bits per heavy atom. The summed E-state index contributed by atoms with van der Waals surface area (Å²) in [6.07, 6.45) is -25.3. The van der Waals surface area contributed by atoms with Crippen molar-refractivity contribution >= 4 is 7.82 Å². The van der Waals surface area contributed by atoms with E-state index in [0.29, 0.717) is 0 Å². The smallest absolute Gasteiger partial charge is 0.394 e. The number of hydrogen-bond donors (Lipinski definition) is 19. The van der Waals surface area contributed by atoms with E-state index in [4.69, 9.17) is 68.1 Å². The summed E-state index contributed by atoms with van der Waals surface area (Å²) in [6, 6.07) is 0. The van der Waals surface area contributed by atoms with Crippen molar-refractivity contribution in [1.29, 1.82) is 0 Å². The zero-order valence-corrected chi connectivity index (χ0v) is 27.2. The van der Waals surface area contributed by atoms with Crippen molar-refractivity contribution in [2.75, 3.05) is 39.6 Å². The molecule has 18 atom stereocenters. The molecule has 0 radical (unpaired) electrons. The largest absolute Gasteiger partial charge is 0.466 e. The molecule has 19 N–H and O–H groups in total. The Labute approximate surface area is 286 Å². The third-order valence-electron chi connectivity index (χ3n) is 8.14. The Morgan fingerprint density at radius 1 is 0.451 bits per heavy atom. The highest BCUT2D eigenvalue weighted by Gasteiger charge is 2.59. The predicted molar refractivity (Wildman–Crippen MR) is 152 cm³/mol. The van der Waals surface area contributed by atoms with Gasteiger partial charge in [-0.1, -0.05) is 0 Å². The van der Waals surface area contributed by atoms with Gasteiger partial charge in [0.25, 0.3) is 0 Å². The van der Waals surface area contributed by atoms with Crippen LogP contribution >= 0.6 is 7.82 Å². The first-order valence-corrected chi connectivity index (χ1v) is 16.4. The van der Waals surface area contributed by atoms with Crippen LogP contribution in [0.1, 0.15) is 0 Å². The zero-order chi connectivity index (χ0) is 39.2. The van der Waals surface area contributed by atoms with Crippen LogP contribution in [0.15, 0.2) is 0 Å². The highest BCUT2D eigenvalue weighted by molar-refractivity contribution is 7.45. The van der Waals surface area contributed by atoms with Crippen LogP contribution in [-0.2, 0) is 33.0 Å². The molecule has 0 aromatic heterocycles. The number of hydrogen-bond acceptors (Lipinski definition) is 23. The van der Waals surface area contributed by atoms with E-state index in [2.05, 4.69) is 0 Å². The monoisotopic (exact) mass is 782 g/mol. The molecule has 0 saturated carbocycles. The Hall–Kier alpha value is -0.770. The van der Waals surface area contributed by atoms with Gasteiger partial charge in [0.2, 0.25) is 11.6 Å². The minimum atomic E-state index is -4.64. The van der Waals surface area contributed by atoms with E-state index in [-0.39, 0.29) is 0 Å². The van der Waals surface area contributed by atoms with Gasteiger partial charge in [-0.05, 0) is 0 Å². The molecule has 4 aliphatic rings. The van der Waals surface area contributed by atoms with Gasteiger partial charge in [0.1, 0.15) is 98.7 Å². The molecule has 0 aromatic rings. The third kappa shape index (κ3) is 10.7. The van der Waals surface area contributed by atoms with Gasteiger partial charge in [0.05, 0.1) is 26.4 Å². The zero-order valence-electron chi connectivity index (χ0n) is 26.3. The van der Waals surface area contributed by atoms with Gasteiger partial charge in [-0.25, -0.2) is 4.57 Å². The summed E-state index contributed by atoms with van der Waals surface area (Å²) in [7, 11) is -4.64. The normalized spacial score (nSPS) is 47.3. The maximum Gasteiger partial charge on any atom is 0.466 e. The van der Waals surface area contributed by atoms with Crippen molar-refractivity contribution in [3.05, 3.63) is 0 Å². The first-order chi connectivity index (χ1) is 23.6. The summed E-state index contributed by atoms with van der Waals surface area (Å²) < 4.78 is 39.8. The van der Waals surface area contributed by atoms with Crippen LogP contribution in [0.25, 0.3) is 0 Å². The minimum Gasteiger partial charge on any atom is -0.394 e. The number of phosphoric acid groups is 1. The second-order valence-electron chi connectivity index (χ2n) is 11.6. The summed E-state index contributed by atoms with van der Waals surface area (Å²) in [5.41, 5.74) is 0. The van der Waals surface area contributed by atoms with E-state index in [1.165, 1.54) is 0 Å². The summed E-state index contributed by atoms with van der Waals surface area (Å²) in [5.74, 6) is -4.44. The van der Waals surface area contributed by atoms with Crippen molar-refractivity contribution in [1.82, 2.24) is 0 Å². The molecule has 4 rings (SSSR count). The van der Waals surface area contributed by atoms with E-state index in [1.54, 1.807) is 0 Å². The lowest BCUT2D eigenvalue weighted by Crippen LogP contribution is -2.62. The number of ether oxygens (including phenoxy) is 6. The molecule has 0 amide bonds. The number of aliphatic hydroxyl groups is 16. The van der Waals surface area contributed by atoms with Gasteiger partial charge in [-0.15, -0.1) is 0 Å². The molecule has 0 unspecified atom stereocenters. The van der Waals surface area contributed by atoms with Gasteiger partial charge >= 0.3 is 7.82 Å². The second kappa shape index (κ2) is 19.2. The topological polar surface area (TPSA) is 457 Å². The molecule has 4 heterocycles. The molecule has 4 saturated heterocycles. The maximum atomic E-state index is 10.00. The molecule has 4 fully saturated rings. The quantitative estimate of drug-likeness (QED) is 0.0915. The standard InChI is InChI=1S/2C12H22O11.H3O4P/c2*13-1-4-6(16)8(18)9(19)11(21-4)23-12(3-15)10(20)7(17)5(2-14)22-12;1-5(2,3)4/h2*4-11,13-20H,1-3H2;(H3,1,2,3,4)/t2*4-,5-,6-,7-,8+,9-,10+,11-,12+;/m11./s1. The fraction of sp³-hybridized carbons (Fsp3) is 1.00. The molecule has 0 spiro atoms. The van der Waals surface area contributed by atoms with Crippen molar-refractivity contribution in [2.24, 2.45) is 0 Å². The van der Waals surface area contributed by atoms with Crippen LogP contribution < -0.4 is 0 Å². The lowest BCUT2D eigenvalue weighted by atomic mass is 9.99. The maximum absolute atomic E-state index is 10.00. The van der Waals surface area contributed by atoms with Gasteiger partial charge in [0, 0.05) is 0 Å². The highest BCUT2D eigenvalue weighted by Crippen LogP contribution is 2.37. The van der Waals surface area contributed by atoms with E-state index < -0.39 is 157 Å². The first kappa shape index (κ1) is 46.4. The Balaban J connectivity index is 0.000000312. The Bertz CT molecular complexity index is 1000. The molecule has 51 heavy (non-hydrogen) atoms. The molecule has 0 aliphatic carbocycles. The molecule has 304 valence electrons. The van der Waals surface area contributed by atoms with Gasteiger partial charge < -0.3 is 125 Å². The molecular formula is C24H47O26P. The third-order valence-corrected chi connectivity index (χ3v) is 8.14. The SMILES string of the molecule is O=P(O)(O)O.OC[C@H]1O[C@@](CO)(O[C@H]2O[C@H](CO)[C@@H](O)[C@H](O)[C@H]2O)[C@@H](O)[C@@H]1O.OC[C@H]1O[C@@](CO)(O[C@H]2O[C@H](CO)[C@@H](O)[C@H](O)[C@H]2O)[C@@H](O)[C@@H]1O. The van der Waals surface area contributed by atoms with Gasteiger partial charge in [0.15, 0.2) is 12.6 Å². The molecule has 27 heteroatoms. The van der Waals surface area contributed by atoms with E-state index >= 15 is 0 Å². The lowest BCUT2D eigenvalue weighted by molar-refractivity contribution is -0.383. The van der Waals surface area contributed by atoms with Crippen LogP contribution in [0.2, 0.25) is 0 Å². The number of rotatable bonds is 10. The second-order valence-corrected chi connectivity index (χ2v) is 12.7. The molecule has 26 nitrogen and oxygen atoms in total. The summed E-state index contributed by atoms with van der Waals surface area (Å²) in [6.45, 7) is -4.64. The molecular weight excluding hydrogens is 735 g/mol. The van der Waals surface area contributed by atoms with Crippen LogP contribution in [0.3, 0.4) is 0 Å². The Morgan fingerprint density at radius 2 is 0.725 bits per heavy atom. The van der Waals surface area contributed by atoms with Crippen molar-refractivity contribution < 1.29 is 129 Å². The summed E-state index contributed by atoms with van der Waals surface area (Å²) in [4.78, 5) is 21.6. The van der Waals surface area contributed by atoms with Crippen LogP contribution in [-0.4, -0.2) is 246 Å². The highest BCUT2D eigenvalue weighted by atomic mass is 31.2. The van der Waals surface area contributed by atoms with Crippen LogP contribution in [0.5, 0.6) is 0 Å². The van der Waals surface area contributed by atoms with E-state index in [1.807, 2.05) is 0 Å². The van der Waals surface area contributed by atoms with Gasteiger partial charge in [-0.3, -0.25) is 0 Å². The average molecular weight is 783 g/mol. The summed E-state index contributed by atoms with van der Waals surface area (Å²) in [5, 5.41) is 153. The van der Waals surface area contributed by atoms with Crippen molar-refractivity contribution in [3.63, 3.8) is 0 Å². The first-order valence-electron chi connectivity index (χ1n) is 14.9. The van der Waals surface area contributed by atoms with Crippen molar-refractivity contribution in [3.8, 4) is 0 Å². The summed E-state index contributed by atoms with van der Waals surface area (Å²) >= 11 is 0. The fourth-order valence-corrected chi connectivity index (χ4v) is 5.26. The lowest BCUT2D eigenvalue weighted by Gasteiger charge is -2.43. The van der Waals surface area contributed by atoms with Gasteiger partial charge in [-0.2, -0.15) is 0 Å². The van der Waals surface area contributed by atoms with E-state index in [9.17, 15) is 61.3 Å². The minimum absolute atomic E-state index is 0.669. The molecule has 0 bridgehead atoms. The van der Waals surface area contributed by atoms with E-state index in [0.717, 1.165) is 0 Å². The number of aliphatic hydroxyl groups excluding tert-OH is 16. The van der Waals surface area contributed by atoms with Crippen molar-refractivity contribution in [2.45, 2.75) is 110 Å². The Kier molecular flexibility index (Phi) is 17.5. The molecule has 4 aliphatic heterocycles. The van der Waals surface area contributed by atoms with Crippen LogP contribution in [0.4, 0.5) is 0 Å². The average Bonchev–Trinajstić information content (AvgIpc) is 3.48. The van der Waals surface area contributed by atoms with Crippen LogP contribution in [0, 0.1) is 0 Å². The fourth-order valence-electron chi connectivity index (χ4n) is 5.26.